The molecule has 1 saturated heterocycles. The zero-order valence-electron chi connectivity index (χ0n) is 16.2. The number of hydrogen-bond donors (Lipinski definition) is 1. The third kappa shape index (κ3) is 4.64. The molecular weight excluding hydrogens is 352 g/mol. The second kappa shape index (κ2) is 8.50. The van der Waals surface area contributed by atoms with Gasteiger partial charge in [0.25, 0.3) is 0 Å². The van der Waals surface area contributed by atoms with E-state index in [1.54, 1.807) is 4.31 Å². The average Bonchev–Trinajstić information content (AvgIpc) is 2.57. The molecule has 1 aliphatic heterocycles. The summed E-state index contributed by atoms with van der Waals surface area (Å²) in [5, 5.41) is 8.68. The monoisotopic (exact) mass is 382 g/mol. The third-order valence-electron chi connectivity index (χ3n) is 5.34. The molecule has 2 rings (SSSR count). The first kappa shape index (κ1) is 20.9. The summed E-state index contributed by atoms with van der Waals surface area (Å²) in [6, 6.07) is 2.04. The summed E-state index contributed by atoms with van der Waals surface area (Å²) in [6.45, 7) is 10.8. The molecule has 1 fully saturated rings. The normalized spacial score (nSPS) is 16.8. The Kier molecular flexibility index (Phi) is 6.82. The highest BCUT2D eigenvalue weighted by molar-refractivity contribution is 7.89. The largest absolute Gasteiger partial charge is 0.481 e. The molecule has 0 atom stereocenters. The van der Waals surface area contributed by atoms with Gasteiger partial charge in [0.05, 0.1) is 4.90 Å². The number of carbonyl (C=O) groups is 1. The van der Waals surface area contributed by atoms with Gasteiger partial charge in [-0.1, -0.05) is 6.07 Å². The van der Waals surface area contributed by atoms with Crippen LogP contribution in [0.2, 0.25) is 0 Å². The van der Waals surface area contributed by atoms with Gasteiger partial charge in [0.2, 0.25) is 10.0 Å². The van der Waals surface area contributed by atoms with Crippen LogP contribution in [0.3, 0.4) is 0 Å². The summed E-state index contributed by atoms with van der Waals surface area (Å²) >= 11 is 0. The molecule has 0 spiro atoms. The van der Waals surface area contributed by atoms with Gasteiger partial charge in [-0.15, -0.1) is 0 Å². The van der Waals surface area contributed by atoms with Gasteiger partial charge in [-0.2, -0.15) is 4.31 Å². The highest BCUT2D eigenvalue weighted by Gasteiger charge is 2.31. The molecule has 0 aromatic heterocycles. The van der Waals surface area contributed by atoms with E-state index >= 15 is 0 Å². The molecule has 7 heteroatoms. The number of carboxylic acids is 1. The van der Waals surface area contributed by atoms with Crippen LogP contribution in [0.25, 0.3) is 0 Å². The van der Waals surface area contributed by atoms with Crippen LogP contribution in [0, 0.1) is 27.7 Å². The molecule has 1 heterocycles. The Morgan fingerprint density at radius 3 is 2.04 bits per heavy atom. The minimum atomic E-state index is -3.50. The summed E-state index contributed by atoms with van der Waals surface area (Å²) in [7, 11) is -3.50. The lowest BCUT2D eigenvalue weighted by Crippen LogP contribution is -2.49. The lowest BCUT2D eigenvalue weighted by atomic mass is 10.0. The molecule has 0 radical (unpaired) electrons. The van der Waals surface area contributed by atoms with Gasteiger partial charge in [-0.3, -0.25) is 4.79 Å². The number of sulfonamides is 1. The molecule has 0 amide bonds. The fourth-order valence-electron chi connectivity index (χ4n) is 3.50. The Morgan fingerprint density at radius 1 is 1.00 bits per heavy atom. The van der Waals surface area contributed by atoms with E-state index in [2.05, 4.69) is 4.90 Å². The average molecular weight is 383 g/mol. The zero-order chi connectivity index (χ0) is 19.5. The molecule has 0 saturated carbocycles. The molecule has 1 aliphatic rings. The van der Waals surface area contributed by atoms with E-state index in [-0.39, 0.29) is 6.42 Å². The molecular formula is C19H30N2O4S. The number of rotatable bonds is 7. The maximum atomic E-state index is 13.2. The van der Waals surface area contributed by atoms with Gasteiger partial charge in [0.1, 0.15) is 0 Å². The summed E-state index contributed by atoms with van der Waals surface area (Å²) in [5.74, 6) is -0.764. The van der Waals surface area contributed by atoms with Crippen LogP contribution in [-0.4, -0.2) is 61.4 Å². The molecule has 0 bridgehead atoms. The van der Waals surface area contributed by atoms with Crippen molar-refractivity contribution in [2.45, 2.75) is 51.9 Å². The first-order valence-electron chi connectivity index (χ1n) is 9.16. The van der Waals surface area contributed by atoms with Crippen molar-refractivity contribution in [3.05, 3.63) is 28.3 Å². The van der Waals surface area contributed by atoms with E-state index in [1.807, 2.05) is 33.8 Å². The van der Waals surface area contributed by atoms with Crippen LogP contribution in [0.1, 0.15) is 41.5 Å². The lowest BCUT2D eigenvalue weighted by Gasteiger charge is -2.34. The number of aryl methyl sites for hydroxylation is 2. The van der Waals surface area contributed by atoms with Gasteiger partial charge >= 0.3 is 5.97 Å². The highest BCUT2D eigenvalue weighted by atomic mass is 32.2. The van der Waals surface area contributed by atoms with Crippen molar-refractivity contribution in [2.75, 3.05) is 32.7 Å². The predicted octanol–water partition coefficient (Wildman–Crippen LogP) is 2.48. The number of nitrogens with zero attached hydrogens (tertiary/aromatic N) is 2. The molecule has 26 heavy (non-hydrogen) atoms. The fraction of sp³-hybridized carbons (Fsp3) is 0.632. The van der Waals surface area contributed by atoms with Crippen LogP contribution < -0.4 is 0 Å². The molecule has 1 aromatic carbocycles. The van der Waals surface area contributed by atoms with Crippen molar-refractivity contribution >= 4 is 16.0 Å². The summed E-state index contributed by atoms with van der Waals surface area (Å²) in [5.41, 5.74) is 3.68. The predicted molar refractivity (Wildman–Crippen MR) is 102 cm³/mol. The van der Waals surface area contributed by atoms with Gasteiger partial charge in [0, 0.05) is 32.6 Å². The molecule has 146 valence electrons. The van der Waals surface area contributed by atoms with Crippen LogP contribution >= 0.6 is 0 Å². The zero-order valence-corrected chi connectivity index (χ0v) is 17.0. The maximum Gasteiger partial charge on any atom is 0.303 e. The number of aliphatic carboxylic acids is 1. The Morgan fingerprint density at radius 2 is 1.54 bits per heavy atom. The van der Waals surface area contributed by atoms with Crippen LogP contribution in [-0.2, 0) is 14.8 Å². The first-order chi connectivity index (χ1) is 12.1. The smallest absolute Gasteiger partial charge is 0.303 e. The molecule has 1 N–H and O–H groups in total. The Bertz CT molecular complexity index is 740. The minimum Gasteiger partial charge on any atom is -0.481 e. The van der Waals surface area contributed by atoms with E-state index in [0.717, 1.165) is 35.2 Å². The molecule has 6 nitrogen and oxygen atoms in total. The van der Waals surface area contributed by atoms with Gasteiger partial charge in [-0.05, 0) is 69.3 Å². The summed E-state index contributed by atoms with van der Waals surface area (Å²) < 4.78 is 28.0. The van der Waals surface area contributed by atoms with E-state index in [4.69, 9.17) is 5.11 Å². The van der Waals surface area contributed by atoms with Crippen molar-refractivity contribution in [1.29, 1.82) is 0 Å². The second-order valence-corrected chi connectivity index (χ2v) is 9.06. The maximum absolute atomic E-state index is 13.2. The number of carboxylic acid groups (broad SMARTS) is 1. The number of piperazine rings is 1. The van der Waals surface area contributed by atoms with Crippen molar-refractivity contribution in [1.82, 2.24) is 9.21 Å². The number of benzene rings is 1. The number of unbranched alkanes of at least 4 members (excludes halogenated alkanes) is 1. The molecule has 0 aliphatic carbocycles. The standard InChI is InChI=1S/C19H30N2O4S/c1-14-13-15(2)17(4)19(16(14)3)26(24,25)21-11-9-20(10-12-21)8-6-5-7-18(22)23/h13H,5-12H2,1-4H3,(H,22,23). The van der Waals surface area contributed by atoms with E-state index in [0.29, 0.717) is 37.5 Å². The van der Waals surface area contributed by atoms with Crippen LogP contribution in [0.4, 0.5) is 0 Å². The second-order valence-electron chi connectivity index (χ2n) is 7.19. The minimum absolute atomic E-state index is 0.194. The van der Waals surface area contributed by atoms with E-state index in [9.17, 15) is 13.2 Å². The Hall–Kier alpha value is -1.44. The quantitative estimate of drug-likeness (QED) is 0.733. The fourth-order valence-corrected chi connectivity index (χ4v) is 5.50. The van der Waals surface area contributed by atoms with Gasteiger partial charge in [-0.25, -0.2) is 8.42 Å². The summed E-state index contributed by atoms with van der Waals surface area (Å²) in [6.07, 6.45) is 1.68. The Labute approximate surface area is 156 Å². The van der Waals surface area contributed by atoms with Gasteiger partial charge < -0.3 is 10.0 Å². The van der Waals surface area contributed by atoms with Crippen molar-refractivity contribution in [2.24, 2.45) is 0 Å². The van der Waals surface area contributed by atoms with Crippen LogP contribution in [0.5, 0.6) is 0 Å². The highest BCUT2D eigenvalue weighted by Crippen LogP contribution is 2.29. The third-order valence-corrected chi connectivity index (χ3v) is 7.51. The van der Waals surface area contributed by atoms with Crippen molar-refractivity contribution in [3.8, 4) is 0 Å². The van der Waals surface area contributed by atoms with E-state index in [1.165, 1.54) is 0 Å². The van der Waals surface area contributed by atoms with Crippen LogP contribution in [0.15, 0.2) is 11.0 Å². The SMILES string of the molecule is Cc1cc(C)c(C)c(S(=O)(=O)N2CCN(CCCCC(=O)O)CC2)c1C. The van der Waals surface area contributed by atoms with Crippen molar-refractivity contribution < 1.29 is 18.3 Å². The Balaban J connectivity index is 2.04. The summed E-state index contributed by atoms with van der Waals surface area (Å²) in [4.78, 5) is 13.2. The van der Waals surface area contributed by atoms with E-state index < -0.39 is 16.0 Å². The molecule has 1 aromatic rings. The number of hydrogen-bond acceptors (Lipinski definition) is 4. The topological polar surface area (TPSA) is 77.9 Å². The van der Waals surface area contributed by atoms with Crippen molar-refractivity contribution in [3.63, 3.8) is 0 Å². The molecule has 0 unspecified atom stereocenters. The first-order valence-corrected chi connectivity index (χ1v) is 10.6. The van der Waals surface area contributed by atoms with Gasteiger partial charge in [0.15, 0.2) is 0 Å². The lowest BCUT2D eigenvalue weighted by molar-refractivity contribution is -0.137.